The third kappa shape index (κ3) is 3.17. The zero-order valence-corrected chi connectivity index (χ0v) is 7.29. The van der Waals surface area contributed by atoms with Gasteiger partial charge in [0.25, 0.3) is 6.43 Å². The highest BCUT2D eigenvalue weighted by atomic mass is 19.3. The lowest BCUT2D eigenvalue weighted by Crippen LogP contribution is -2.42. The number of alkyl halides is 2. The van der Waals surface area contributed by atoms with Gasteiger partial charge in [-0.2, -0.15) is 0 Å². The monoisotopic (exact) mass is 195 g/mol. The third-order valence-electron chi connectivity index (χ3n) is 2.36. The average Bonchev–Trinajstić information content (AvgIpc) is 2.47. The maximum absolute atomic E-state index is 11.8. The summed E-state index contributed by atoms with van der Waals surface area (Å²) >= 11 is 0. The lowest BCUT2D eigenvalue weighted by molar-refractivity contribution is -0.00676. The predicted octanol–water partition coefficient (Wildman–Crippen LogP) is 0.115. The van der Waals surface area contributed by atoms with Crippen molar-refractivity contribution < 1.29 is 19.0 Å². The Bertz CT molecular complexity index is 157. The molecule has 0 aromatic heterocycles. The van der Waals surface area contributed by atoms with E-state index in [4.69, 9.17) is 5.11 Å². The van der Waals surface area contributed by atoms with E-state index in [-0.39, 0.29) is 12.6 Å². The molecule has 0 saturated heterocycles. The Morgan fingerprint density at radius 1 is 1.38 bits per heavy atom. The van der Waals surface area contributed by atoms with Crippen molar-refractivity contribution in [3.63, 3.8) is 0 Å². The maximum atomic E-state index is 11.8. The summed E-state index contributed by atoms with van der Waals surface area (Å²) in [6.45, 7) is -0.153. The number of aliphatic hydroxyl groups excluding tert-OH is 2. The van der Waals surface area contributed by atoms with Gasteiger partial charge in [0.05, 0.1) is 6.10 Å². The highest BCUT2D eigenvalue weighted by Crippen LogP contribution is 2.18. The van der Waals surface area contributed by atoms with Crippen LogP contribution in [-0.4, -0.2) is 41.4 Å². The van der Waals surface area contributed by atoms with Gasteiger partial charge in [-0.05, 0) is 19.3 Å². The molecule has 0 heterocycles. The molecular formula is C8H15F2NO2. The molecule has 1 aliphatic rings. The summed E-state index contributed by atoms with van der Waals surface area (Å²) in [6, 6.07) is -0.131. The van der Waals surface area contributed by atoms with E-state index in [2.05, 4.69) is 5.32 Å². The normalized spacial score (nSPS) is 31.2. The van der Waals surface area contributed by atoms with Gasteiger partial charge in [-0.3, -0.25) is 0 Å². The van der Waals surface area contributed by atoms with Crippen LogP contribution >= 0.6 is 0 Å². The molecule has 3 nitrogen and oxygen atoms in total. The summed E-state index contributed by atoms with van der Waals surface area (Å²) in [5, 5.41) is 20.8. The summed E-state index contributed by atoms with van der Waals surface area (Å²) in [5.74, 6) is 0. The molecular weight excluding hydrogens is 180 g/mol. The largest absolute Gasteiger partial charge is 0.392 e. The van der Waals surface area contributed by atoms with Gasteiger partial charge in [0, 0.05) is 12.6 Å². The van der Waals surface area contributed by atoms with Crippen molar-refractivity contribution in [1.29, 1.82) is 0 Å². The first-order chi connectivity index (χ1) is 6.11. The van der Waals surface area contributed by atoms with Gasteiger partial charge >= 0.3 is 0 Å². The van der Waals surface area contributed by atoms with Crippen molar-refractivity contribution in [2.45, 2.75) is 43.9 Å². The fourth-order valence-electron chi connectivity index (χ4n) is 1.54. The van der Waals surface area contributed by atoms with Crippen LogP contribution in [0.5, 0.6) is 0 Å². The first-order valence-corrected chi connectivity index (χ1v) is 4.49. The minimum atomic E-state index is -2.72. The zero-order chi connectivity index (χ0) is 9.84. The SMILES string of the molecule is OC(CN[C@H]1CCC[C@@H]1O)C(F)F. The molecule has 0 amide bonds. The lowest BCUT2D eigenvalue weighted by Gasteiger charge is -2.18. The highest BCUT2D eigenvalue weighted by molar-refractivity contribution is 4.83. The van der Waals surface area contributed by atoms with Gasteiger partial charge < -0.3 is 15.5 Å². The Morgan fingerprint density at radius 2 is 2.08 bits per heavy atom. The van der Waals surface area contributed by atoms with Gasteiger partial charge in [0.15, 0.2) is 0 Å². The molecule has 0 bridgehead atoms. The Labute approximate surface area is 75.8 Å². The molecule has 1 saturated carbocycles. The average molecular weight is 195 g/mol. The van der Waals surface area contributed by atoms with Crippen molar-refractivity contribution in [1.82, 2.24) is 5.32 Å². The Hall–Kier alpha value is -0.260. The number of hydrogen-bond acceptors (Lipinski definition) is 3. The summed E-state index contributed by atoms with van der Waals surface area (Å²) in [7, 11) is 0. The lowest BCUT2D eigenvalue weighted by atomic mass is 10.2. The van der Waals surface area contributed by atoms with Gasteiger partial charge in [-0.1, -0.05) is 0 Å². The molecule has 0 aliphatic heterocycles. The molecule has 1 fully saturated rings. The Kier molecular flexibility index (Phi) is 4.02. The van der Waals surface area contributed by atoms with Crippen LogP contribution in [0.25, 0.3) is 0 Å². The van der Waals surface area contributed by atoms with Crippen molar-refractivity contribution >= 4 is 0 Å². The fraction of sp³-hybridized carbons (Fsp3) is 1.00. The molecule has 0 radical (unpaired) electrons. The second-order valence-corrected chi connectivity index (χ2v) is 3.41. The van der Waals surface area contributed by atoms with Crippen LogP contribution in [0.4, 0.5) is 8.78 Å². The fourth-order valence-corrected chi connectivity index (χ4v) is 1.54. The van der Waals surface area contributed by atoms with Crippen LogP contribution in [0, 0.1) is 0 Å². The van der Waals surface area contributed by atoms with Gasteiger partial charge in [0.2, 0.25) is 0 Å². The van der Waals surface area contributed by atoms with Crippen LogP contribution in [0.15, 0.2) is 0 Å². The van der Waals surface area contributed by atoms with Crippen molar-refractivity contribution in [3.8, 4) is 0 Å². The minimum absolute atomic E-state index is 0.131. The standard InChI is InChI=1S/C8H15F2NO2/c9-8(10)7(13)4-11-5-2-1-3-6(5)12/h5-8,11-13H,1-4H2/t5-,6-,7?/m0/s1. The number of halogens is 2. The summed E-state index contributed by atoms with van der Waals surface area (Å²) in [6.07, 6.45) is -2.40. The van der Waals surface area contributed by atoms with E-state index in [0.29, 0.717) is 6.42 Å². The van der Waals surface area contributed by atoms with E-state index in [9.17, 15) is 13.9 Å². The molecule has 1 unspecified atom stereocenters. The molecule has 78 valence electrons. The van der Waals surface area contributed by atoms with Crippen LogP contribution in [-0.2, 0) is 0 Å². The molecule has 0 aromatic carbocycles. The zero-order valence-electron chi connectivity index (χ0n) is 7.29. The molecule has 0 spiro atoms. The summed E-state index contributed by atoms with van der Waals surface area (Å²) < 4.78 is 23.7. The Morgan fingerprint density at radius 3 is 2.54 bits per heavy atom. The molecule has 1 rings (SSSR count). The number of hydrogen-bond donors (Lipinski definition) is 3. The predicted molar refractivity (Wildman–Crippen MR) is 43.7 cm³/mol. The second kappa shape index (κ2) is 4.83. The van der Waals surface area contributed by atoms with Crippen LogP contribution in [0.1, 0.15) is 19.3 Å². The van der Waals surface area contributed by atoms with Crippen LogP contribution in [0.3, 0.4) is 0 Å². The van der Waals surface area contributed by atoms with Gasteiger partial charge in [-0.15, -0.1) is 0 Å². The molecule has 13 heavy (non-hydrogen) atoms. The number of aliphatic hydroxyl groups is 2. The highest BCUT2D eigenvalue weighted by Gasteiger charge is 2.26. The van der Waals surface area contributed by atoms with Crippen LogP contribution in [0.2, 0.25) is 0 Å². The van der Waals surface area contributed by atoms with Crippen LogP contribution < -0.4 is 5.32 Å². The second-order valence-electron chi connectivity index (χ2n) is 3.41. The smallest absolute Gasteiger partial charge is 0.265 e. The maximum Gasteiger partial charge on any atom is 0.265 e. The Balaban J connectivity index is 2.18. The van der Waals surface area contributed by atoms with E-state index in [1.807, 2.05) is 0 Å². The molecule has 1 aliphatic carbocycles. The first kappa shape index (κ1) is 10.8. The molecule has 3 atom stereocenters. The topological polar surface area (TPSA) is 52.5 Å². The third-order valence-corrected chi connectivity index (χ3v) is 2.36. The van der Waals surface area contributed by atoms with Crippen molar-refractivity contribution in [2.75, 3.05) is 6.54 Å². The van der Waals surface area contributed by atoms with Crippen molar-refractivity contribution in [2.24, 2.45) is 0 Å². The van der Waals surface area contributed by atoms with E-state index in [0.717, 1.165) is 12.8 Å². The number of rotatable bonds is 4. The van der Waals surface area contributed by atoms with Gasteiger partial charge in [-0.25, -0.2) is 8.78 Å². The quantitative estimate of drug-likeness (QED) is 0.597. The molecule has 3 N–H and O–H groups in total. The minimum Gasteiger partial charge on any atom is -0.392 e. The number of nitrogens with one attached hydrogen (secondary N) is 1. The molecule has 5 heteroatoms. The summed E-state index contributed by atoms with van der Waals surface area (Å²) in [5.41, 5.74) is 0. The van der Waals surface area contributed by atoms with E-state index >= 15 is 0 Å². The van der Waals surface area contributed by atoms with Gasteiger partial charge in [0.1, 0.15) is 6.10 Å². The summed E-state index contributed by atoms with van der Waals surface area (Å²) in [4.78, 5) is 0. The molecule has 0 aromatic rings. The van der Waals surface area contributed by atoms with Crippen molar-refractivity contribution in [3.05, 3.63) is 0 Å². The van der Waals surface area contributed by atoms with E-state index in [1.165, 1.54) is 0 Å². The van der Waals surface area contributed by atoms with E-state index < -0.39 is 18.6 Å². The van der Waals surface area contributed by atoms with E-state index in [1.54, 1.807) is 0 Å². The first-order valence-electron chi connectivity index (χ1n) is 4.49.